The summed E-state index contributed by atoms with van der Waals surface area (Å²) in [4.78, 5) is 31.2. The zero-order chi connectivity index (χ0) is 54.0. The summed E-state index contributed by atoms with van der Waals surface area (Å²) in [5.74, 6) is 1.95. The number of piperidine rings is 4. The van der Waals surface area contributed by atoms with Gasteiger partial charge in [0.05, 0.1) is 37.2 Å². The number of likely N-dealkylation sites (tertiary alicyclic amines) is 3. The Balaban J connectivity index is 0.000000234. The first-order chi connectivity index (χ1) is 36.0. The first-order valence-corrected chi connectivity index (χ1v) is 31.0. The van der Waals surface area contributed by atoms with Crippen molar-refractivity contribution in [1.82, 2.24) is 28.6 Å². The molecule has 432 valence electrons. The van der Waals surface area contributed by atoms with Crippen molar-refractivity contribution < 1.29 is 50.5 Å². The minimum atomic E-state index is -3.70. The van der Waals surface area contributed by atoms with E-state index in [1.165, 1.54) is 108 Å². The van der Waals surface area contributed by atoms with Gasteiger partial charge in [0.15, 0.2) is 0 Å². The van der Waals surface area contributed by atoms with Crippen LogP contribution in [0.2, 0.25) is 0 Å². The van der Waals surface area contributed by atoms with Gasteiger partial charge in [0.1, 0.15) is 24.7 Å². The summed E-state index contributed by atoms with van der Waals surface area (Å²) in [5, 5.41) is 12.1. The van der Waals surface area contributed by atoms with E-state index < -0.39 is 32.6 Å². The molecule has 20 heteroatoms. The molecule has 2 aromatic rings. The lowest BCUT2D eigenvalue weighted by molar-refractivity contribution is -0.142. The summed E-state index contributed by atoms with van der Waals surface area (Å²) in [6, 6.07) is 6.34. The number of sulfonamides is 2. The second kappa shape index (κ2) is 31.6. The standard InChI is InChI=1S/C28H45N3O5S.C17H25NO6S.C11H22N2.ClH/c1-22-18-26(35-3)19-23(2)28(22)37(33,34)31-14-5-4-8-25(31)20-36-21-27(32)30-16-10-24(11-17-30)9-15-29-12-6-7-13-29;1-12-8-15(23-3)9-13(2)17(12)25(21,22)18-7-5-4-6-14(18)10-24-11-16(19)20;1-2-9-13(8-1)10-5-11-3-6-12-7-4-11;/h18-19,24-25H,4-17,20-21H2,1-3H3;8-9,14H,4-7,10-11H2,1-3H3,(H,19,20);11-12H,1-10H2;1H. The minimum Gasteiger partial charge on any atom is -0.497 e. The third kappa shape index (κ3) is 18.5. The fourth-order valence-electron chi connectivity index (χ4n) is 12.1. The van der Waals surface area contributed by atoms with E-state index in [0.29, 0.717) is 69.0 Å². The number of carboxylic acids is 1. The van der Waals surface area contributed by atoms with Gasteiger partial charge in [-0.05, 0) is 228 Å². The first-order valence-electron chi connectivity index (χ1n) is 28.2. The van der Waals surface area contributed by atoms with Crippen LogP contribution in [0.1, 0.15) is 125 Å². The Kier molecular flexibility index (Phi) is 26.5. The lowest BCUT2D eigenvalue weighted by Gasteiger charge is -2.35. The van der Waals surface area contributed by atoms with E-state index in [0.717, 1.165) is 64.0 Å². The van der Waals surface area contributed by atoms with Gasteiger partial charge in [0.2, 0.25) is 26.0 Å². The Labute approximate surface area is 462 Å². The highest BCUT2D eigenvalue weighted by molar-refractivity contribution is 7.89. The van der Waals surface area contributed by atoms with E-state index in [-0.39, 0.29) is 50.2 Å². The molecule has 6 fully saturated rings. The molecule has 6 heterocycles. The SMILES string of the molecule is C1CCN(CCC2CCNCC2)C1.COc1cc(C)c(S(=O)(=O)N2CCCCC2COCC(=O)N2CCC(CCN3CCCC3)CC2)c(C)c1.COc1cc(C)c(S(=O)(=O)N2CCCCC2COCC(=O)O)c(C)c1.Cl. The van der Waals surface area contributed by atoms with Crippen LogP contribution in [0.25, 0.3) is 0 Å². The van der Waals surface area contributed by atoms with Gasteiger partial charge in [-0.3, -0.25) is 4.79 Å². The Hall–Kier alpha value is -3.11. The van der Waals surface area contributed by atoms with Crippen molar-refractivity contribution in [2.45, 2.75) is 152 Å². The Morgan fingerprint density at radius 1 is 0.553 bits per heavy atom. The quantitative estimate of drug-likeness (QED) is 0.133. The number of carbonyl (C=O) groups is 2. The number of hydrogen-bond acceptors (Lipinski definition) is 13. The predicted molar refractivity (Wildman–Crippen MR) is 300 cm³/mol. The summed E-state index contributed by atoms with van der Waals surface area (Å²) in [6.45, 7) is 19.8. The highest BCUT2D eigenvalue weighted by atomic mass is 35.5. The van der Waals surface area contributed by atoms with Crippen molar-refractivity contribution >= 4 is 44.3 Å². The molecule has 1 amide bonds. The lowest BCUT2D eigenvalue weighted by Crippen LogP contribution is -2.47. The van der Waals surface area contributed by atoms with Crippen LogP contribution >= 0.6 is 12.4 Å². The van der Waals surface area contributed by atoms with Crippen molar-refractivity contribution in [3.63, 3.8) is 0 Å². The molecule has 2 atom stereocenters. The average Bonchev–Trinajstić information content (AvgIpc) is 4.15. The smallest absolute Gasteiger partial charge is 0.329 e. The number of carbonyl (C=O) groups excluding carboxylic acids is 1. The number of carboxylic acid groups (broad SMARTS) is 1. The van der Waals surface area contributed by atoms with E-state index in [4.69, 9.17) is 24.1 Å². The molecule has 6 aliphatic rings. The maximum atomic E-state index is 13.7. The number of methoxy groups -OCH3 is 2. The number of aryl methyl sites for hydroxylation is 4. The van der Waals surface area contributed by atoms with Gasteiger partial charge in [-0.15, -0.1) is 12.4 Å². The summed E-state index contributed by atoms with van der Waals surface area (Å²) < 4.78 is 78.5. The van der Waals surface area contributed by atoms with Crippen molar-refractivity contribution in [2.24, 2.45) is 11.8 Å². The van der Waals surface area contributed by atoms with Gasteiger partial charge in [-0.25, -0.2) is 21.6 Å². The minimum absolute atomic E-state index is 0. The molecule has 0 aliphatic carbocycles. The van der Waals surface area contributed by atoms with Gasteiger partial charge < -0.3 is 44.1 Å². The monoisotopic (exact) mass is 1120 g/mol. The number of halogens is 1. The third-order valence-electron chi connectivity index (χ3n) is 16.2. The molecule has 2 aromatic carbocycles. The molecular formula is C56H93ClN6O11S2. The van der Waals surface area contributed by atoms with Crippen LogP contribution in [0.15, 0.2) is 34.1 Å². The van der Waals surface area contributed by atoms with E-state index >= 15 is 0 Å². The van der Waals surface area contributed by atoms with Crippen molar-refractivity contribution in [3.05, 3.63) is 46.5 Å². The summed E-state index contributed by atoms with van der Waals surface area (Å²) in [6.07, 6.45) is 18.0. The fraction of sp³-hybridized carbons (Fsp3) is 0.750. The molecule has 8 rings (SSSR count). The number of nitrogens with zero attached hydrogens (tertiary/aromatic N) is 5. The van der Waals surface area contributed by atoms with Gasteiger partial charge >= 0.3 is 5.97 Å². The van der Waals surface area contributed by atoms with Crippen LogP contribution in [0, 0.1) is 39.5 Å². The average molecular weight is 1130 g/mol. The summed E-state index contributed by atoms with van der Waals surface area (Å²) in [5.41, 5.74) is 2.63. The normalized spacial score (nSPS) is 21.7. The zero-order valence-electron chi connectivity index (χ0n) is 46.7. The predicted octanol–water partition coefficient (Wildman–Crippen LogP) is 7.45. The Morgan fingerprint density at radius 3 is 1.33 bits per heavy atom. The molecular weight excluding hydrogens is 1030 g/mol. The van der Waals surface area contributed by atoms with E-state index in [9.17, 15) is 26.4 Å². The molecule has 0 aromatic heterocycles. The molecule has 0 spiro atoms. The second-order valence-corrected chi connectivity index (χ2v) is 25.5. The third-order valence-corrected chi connectivity index (χ3v) is 20.7. The number of aliphatic carboxylic acids is 1. The van der Waals surface area contributed by atoms with Crippen LogP contribution in [0.4, 0.5) is 0 Å². The number of amides is 1. The molecule has 0 saturated carbocycles. The van der Waals surface area contributed by atoms with Gasteiger partial charge in [-0.1, -0.05) is 12.8 Å². The summed E-state index contributed by atoms with van der Waals surface area (Å²) in [7, 11) is -4.26. The summed E-state index contributed by atoms with van der Waals surface area (Å²) >= 11 is 0. The number of nitrogens with one attached hydrogen (secondary N) is 1. The van der Waals surface area contributed by atoms with E-state index in [2.05, 4.69) is 15.1 Å². The maximum absolute atomic E-state index is 13.7. The Morgan fingerprint density at radius 2 is 0.934 bits per heavy atom. The first kappa shape index (κ1) is 63.7. The molecule has 0 radical (unpaired) electrons. The number of ether oxygens (including phenoxy) is 4. The maximum Gasteiger partial charge on any atom is 0.329 e. The number of rotatable bonds is 20. The second-order valence-electron chi connectivity index (χ2n) is 21.8. The number of benzene rings is 2. The van der Waals surface area contributed by atoms with Gasteiger partial charge in [0, 0.05) is 38.3 Å². The lowest BCUT2D eigenvalue weighted by atomic mass is 9.93. The number of hydrogen-bond donors (Lipinski definition) is 2. The molecule has 6 saturated heterocycles. The molecule has 76 heavy (non-hydrogen) atoms. The van der Waals surface area contributed by atoms with Gasteiger partial charge in [0.25, 0.3) is 0 Å². The van der Waals surface area contributed by atoms with Crippen LogP contribution in [0.3, 0.4) is 0 Å². The van der Waals surface area contributed by atoms with Crippen molar-refractivity contribution in [3.8, 4) is 11.5 Å². The Bertz CT molecular complexity index is 2290. The molecule has 6 aliphatic heterocycles. The fourth-order valence-corrected chi connectivity index (χ4v) is 16.2. The van der Waals surface area contributed by atoms with Crippen LogP contribution in [0.5, 0.6) is 11.5 Å². The topological polar surface area (TPSA) is 188 Å². The van der Waals surface area contributed by atoms with Crippen LogP contribution in [-0.4, -0.2) is 188 Å². The molecule has 0 bridgehead atoms. The highest BCUT2D eigenvalue weighted by Gasteiger charge is 2.37. The zero-order valence-corrected chi connectivity index (χ0v) is 49.2. The molecule has 17 nitrogen and oxygen atoms in total. The van der Waals surface area contributed by atoms with E-state index in [1.54, 1.807) is 56.6 Å². The largest absolute Gasteiger partial charge is 0.497 e. The van der Waals surface area contributed by atoms with Crippen LogP contribution in [-0.2, 0) is 39.1 Å². The van der Waals surface area contributed by atoms with Crippen molar-refractivity contribution in [2.75, 3.05) is 119 Å². The molecule has 2 unspecified atom stereocenters. The highest BCUT2D eigenvalue weighted by Crippen LogP contribution is 2.34. The molecule has 2 N–H and O–H groups in total. The van der Waals surface area contributed by atoms with Crippen LogP contribution < -0.4 is 14.8 Å². The van der Waals surface area contributed by atoms with E-state index in [1.807, 2.05) is 18.7 Å². The van der Waals surface area contributed by atoms with Gasteiger partial charge in [-0.2, -0.15) is 8.61 Å². The van der Waals surface area contributed by atoms with Crippen molar-refractivity contribution in [1.29, 1.82) is 0 Å².